The van der Waals surface area contributed by atoms with Crippen molar-refractivity contribution in [3.63, 3.8) is 0 Å². The molecule has 1 aromatic rings. The lowest BCUT2D eigenvalue weighted by Crippen LogP contribution is -2.42. The van der Waals surface area contributed by atoms with Crippen molar-refractivity contribution in [3.8, 4) is 0 Å². The molecule has 1 aliphatic heterocycles. The van der Waals surface area contributed by atoms with E-state index in [0.29, 0.717) is 6.04 Å². The molecule has 1 saturated heterocycles. The van der Waals surface area contributed by atoms with E-state index in [1.807, 2.05) is 19.2 Å². The summed E-state index contributed by atoms with van der Waals surface area (Å²) in [5, 5.41) is 3.51. The molecule has 0 aliphatic carbocycles. The molecular formula is C12H20N4. The van der Waals surface area contributed by atoms with Crippen LogP contribution in [-0.4, -0.2) is 35.6 Å². The molecule has 1 N–H and O–H groups in total. The minimum Gasteiger partial charge on any atom is -0.356 e. The van der Waals surface area contributed by atoms with Crippen LogP contribution in [0.2, 0.25) is 0 Å². The molecule has 0 saturated carbocycles. The van der Waals surface area contributed by atoms with E-state index in [9.17, 15) is 0 Å². The third-order valence-electron chi connectivity index (χ3n) is 3.07. The van der Waals surface area contributed by atoms with Crippen molar-refractivity contribution in [1.82, 2.24) is 15.3 Å². The van der Waals surface area contributed by atoms with E-state index in [-0.39, 0.29) is 0 Å². The zero-order valence-electron chi connectivity index (χ0n) is 10.1. The normalized spacial score (nSPS) is 17.8. The number of rotatable bonds is 3. The summed E-state index contributed by atoms with van der Waals surface area (Å²) in [6.07, 6.45) is 4.25. The van der Waals surface area contributed by atoms with Gasteiger partial charge in [0.1, 0.15) is 11.6 Å². The molecule has 16 heavy (non-hydrogen) atoms. The summed E-state index contributed by atoms with van der Waals surface area (Å²) < 4.78 is 0. The summed E-state index contributed by atoms with van der Waals surface area (Å²) in [6, 6.07) is 2.69. The largest absolute Gasteiger partial charge is 0.356 e. The molecule has 1 fully saturated rings. The maximum absolute atomic E-state index is 4.46. The summed E-state index contributed by atoms with van der Waals surface area (Å²) in [5.41, 5.74) is 0. The molecule has 0 unspecified atom stereocenters. The van der Waals surface area contributed by atoms with Gasteiger partial charge in [-0.25, -0.2) is 9.97 Å². The Morgan fingerprint density at radius 3 is 2.81 bits per heavy atom. The first kappa shape index (κ1) is 11.3. The van der Waals surface area contributed by atoms with Crippen LogP contribution in [-0.2, 0) is 0 Å². The van der Waals surface area contributed by atoms with Crippen molar-refractivity contribution >= 4 is 5.82 Å². The molecule has 1 aliphatic rings. The number of aromatic nitrogens is 2. The fraction of sp³-hybridized carbons (Fsp3) is 0.667. The van der Waals surface area contributed by atoms with E-state index in [1.54, 1.807) is 0 Å². The highest BCUT2D eigenvalue weighted by Crippen LogP contribution is 2.17. The molecule has 0 aromatic carbocycles. The summed E-state index contributed by atoms with van der Waals surface area (Å²) in [7, 11) is 0. The van der Waals surface area contributed by atoms with Crippen molar-refractivity contribution in [2.24, 2.45) is 0 Å². The van der Waals surface area contributed by atoms with Crippen molar-refractivity contribution < 1.29 is 0 Å². The lowest BCUT2D eigenvalue weighted by atomic mass is 10.1. The molecule has 88 valence electrons. The van der Waals surface area contributed by atoms with Gasteiger partial charge in [0.2, 0.25) is 0 Å². The lowest BCUT2D eigenvalue weighted by Gasteiger charge is -2.33. The number of anilines is 1. The Hall–Kier alpha value is -1.16. The molecule has 0 radical (unpaired) electrons. The highest BCUT2D eigenvalue weighted by molar-refractivity contribution is 5.37. The molecular weight excluding hydrogens is 200 g/mol. The fourth-order valence-electron chi connectivity index (χ4n) is 2.22. The number of hydrogen-bond acceptors (Lipinski definition) is 4. The van der Waals surface area contributed by atoms with E-state index in [0.717, 1.165) is 31.3 Å². The van der Waals surface area contributed by atoms with Gasteiger partial charge in [-0.3, -0.25) is 0 Å². The quantitative estimate of drug-likeness (QED) is 0.835. The van der Waals surface area contributed by atoms with Gasteiger partial charge >= 0.3 is 0 Å². The van der Waals surface area contributed by atoms with Crippen LogP contribution >= 0.6 is 0 Å². The Morgan fingerprint density at radius 2 is 2.19 bits per heavy atom. The second-order valence-electron chi connectivity index (χ2n) is 4.28. The Kier molecular flexibility index (Phi) is 3.72. The Bertz CT molecular complexity index is 332. The summed E-state index contributed by atoms with van der Waals surface area (Å²) in [6.45, 7) is 7.36. The van der Waals surface area contributed by atoms with Crippen LogP contribution in [0.1, 0.15) is 25.6 Å². The average Bonchev–Trinajstić information content (AvgIpc) is 2.30. The lowest BCUT2D eigenvalue weighted by molar-refractivity contribution is 0.422. The van der Waals surface area contributed by atoms with Crippen molar-refractivity contribution in [3.05, 3.63) is 18.1 Å². The van der Waals surface area contributed by atoms with Crippen LogP contribution in [0.15, 0.2) is 12.3 Å². The molecule has 4 heteroatoms. The number of hydrogen-bond donors (Lipinski definition) is 1. The topological polar surface area (TPSA) is 41.0 Å². The van der Waals surface area contributed by atoms with Crippen LogP contribution in [0.5, 0.6) is 0 Å². The molecule has 0 spiro atoms. The van der Waals surface area contributed by atoms with E-state index in [4.69, 9.17) is 0 Å². The minimum atomic E-state index is 0.684. The van der Waals surface area contributed by atoms with Gasteiger partial charge in [-0.1, -0.05) is 6.92 Å². The standard InChI is InChI=1S/C12H20N4/c1-3-13-11-5-8-16(9-6-11)12-4-7-14-10(2)15-12/h4,7,11,13H,3,5-6,8-9H2,1-2H3. The number of nitrogens with zero attached hydrogens (tertiary/aromatic N) is 3. The second kappa shape index (κ2) is 5.25. The average molecular weight is 220 g/mol. The van der Waals surface area contributed by atoms with Crippen molar-refractivity contribution in [1.29, 1.82) is 0 Å². The Balaban J connectivity index is 1.94. The van der Waals surface area contributed by atoms with Gasteiger partial charge in [-0.05, 0) is 32.4 Å². The smallest absolute Gasteiger partial charge is 0.132 e. The number of piperidine rings is 1. The maximum atomic E-state index is 4.46. The summed E-state index contributed by atoms with van der Waals surface area (Å²) >= 11 is 0. The minimum absolute atomic E-state index is 0.684. The van der Waals surface area contributed by atoms with Gasteiger partial charge in [0.05, 0.1) is 0 Å². The van der Waals surface area contributed by atoms with Gasteiger partial charge in [-0.15, -0.1) is 0 Å². The van der Waals surface area contributed by atoms with Crippen LogP contribution < -0.4 is 10.2 Å². The molecule has 1 aromatic heterocycles. The van der Waals surface area contributed by atoms with E-state index in [2.05, 4.69) is 27.1 Å². The summed E-state index contributed by atoms with van der Waals surface area (Å²) in [5.74, 6) is 1.92. The predicted octanol–water partition coefficient (Wildman–Crippen LogP) is 1.36. The van der Waals surface area contributed by atoms with Crippen LogP contribution in [0.4, 0.5) is 5.82 Å². The van der Waals surface area contributed by atoms with Crippen LogP contribution in [0, 0.1) is 6.92 Å². The van der Waals surface area contributed by atoms with Gasteiger partial charge in [0, 0.05) is 25.3 Å². The fourth-order valence-corrected chi connectivity index (χ4v) is 2.22. The molecule has 0 amide bonds. The highest BCUT2D eigenvalue weighted by atomic mass is 15.2. The maximum Gasteiger partial charge on any atom is 0.132 e. The van der Waals surface area contributed by atoms with Gasteiger partial charge in [0.15, 0.2) is 0 Å². The summed E-state index contributed by atoms with van der Waals surface area (Å²) in [4.78, 5) is 10.9. The third kappa shape index (κ3) is 2.70. The Labute approximate surface area is 97.1 Å². The first-order chi connectivity index (χ1) is 7.79. The number of nitrogens with one attached hydrogen (secondary N) is 1. The second-order valence-corrected chi connectivity index (χ2v) is 4.28. The molecule has 2 heterocycles. The van der Waals surface area contributed by atoms with Crippen LogP contribution in [0.25, 0.3) is 0 Å². The van der Waals surface area contributed by atoms with Gasteiger partial charge in [0.25, 0.3) is 0 Å². The van der Waals surface area contributed by atoms with Crippen molar-refractivity contribution in [2.45, 2.75) is 32.7 Å². The van der Waals surface area contributed by atoms with E-state index < -0.39 is 0 Å². The molecule has 2 rings (SSSR count). The zero-order valence-corrected chi connectivity index (χ0v) is 10.1. The molecule has 4 nitrogen and oxygen atoms in total. The SMILES string of the molecule is CCNC1CCN(c2ccnc(C)n2)CC1. The predicted molar refractivity (Wildman–Crippen MR) is 65.7 cm³/mol. The first-order valence-electron chi connectivity index (χ1n) is 6.07. The monoisotopic (exact) mass is 220 g/mol. The third-order valence-corrected chi connectivity index (χ3v) is 3.07. The van der Waals surface area contributed by atoms with Crippen LogP contribution in [0.3, 0.4) is 0 Å². The highest BCUT2D eigenvalue weighted by Gasteiger charge is 2.19. The van der Waals surface area contributed by atoms with Gasteiger partial charge in [-0.2, -0.15) is 0 Å². The Morgan fingerprint density at radius 1 is 1.44 bits per heavy atom. The number of aryl methyl sites for hydroxylation is 1. The van der Waals surface area contributed by atoms with E-state index >= 15 is 0 Å². The first-order valence-corrected chi connectivity index (χ1v) is 6.07. The van der Waals surface area contributed by atoms with Crippen molar-refractivity contribution in [2.75, 3.05) is 24.5 Å². The van der Waals surface area contributed by atoms with Gasteiger partial charge < -0.3 is 10.2 Å². The van der Waals surface area contributed by atoms with E-state index in [1.165, 1.54) is 12.8 Å². The molecule has 0 bridgehead atoms. The zero-order chi connectivity index (χ0) is 11.4. The molecule has 0 atom stereocenters.